The predicted octanol–water partition coefficient (Wildman–Crippen LogP) is 4.39. The molecule has 0 fully saturated rings. The van der Waals surface area contributed by atoms with E-state index in [1.165, 1.54) is 6.08 Å². The van der Waals surface area contributed by atoms with Crippen LogP contribution >= 0.6 is 0 Å². The van der Waals surface area contributed by atoms with E-state index in [0.717, 1.165) is 28.3 Å². The summed E-state index contributed by atoms with van der Waals surface area (Å²) in [6.07, 6.45) is 5.99. The summed E-state index contributed by atoms with van der Waals surface area (Å²) >= 11 is 0. The fourth-order valence-corrected chi connectivity index (χ4v) is 2.81. The van der Waals surface area contributed by atoms with Crippen molar-refractivity contribution in [3.63, 3.8) is 0 Å². The first-order valence-corrected chi connectivity index (χ1v) is 8.16. The molecular weight excluding hydrogens is 340 g/mol. The Balaban J connectivity index is 2.12. The van der Waals surface area contributed by atoms with E-state index in [9.17, 15) is 10.1 Å². The molecule has 0 amide bonds. The average molecular weight is 356 g/mol. The zero-order chi connectivity index (χ0) is 19.2. The van der Waals surface area contributed by atoms with E-state index in [1.54, 1.807) is 37.7 Å². The number of rotatable bonds is 5. The molecule has 1 N–H and O–H groups in total. The highest BCUT2D eigenvalue weighted by Gasteiger charge is 2.10. The fraction of sp³-hybridized carbons (Fsp3) is 0.0455. The Morgan fingerprint density at radius 2 is 1.96 bits per heavy atom. The van der Waals surface area contributed by atoms with Gasteiger partial charge in [-0.2, -0.15) is 5.26 Å². The Morgan fingerprint density at radius 3 is 2.63 bits per heavy atom. The van der Waals surface area contributed by atoms with Crippen molar-refractivity contribution in [1.82, 2.24) is 4.98 Å². The van der Waals surface area contributed by atoms with E-state index < -0.39 is 5.97 Å². The molecule has 0 saturated carbocycles. The molecule has 1 heterocycles. The lowest BCUT2D eigenvalue weighted by atomic mass is 9.93. The molecule has 3 aromatic rings. The number of aliphatic carboxylic acids is 1. The van der Waals surface area contributed by atoms with E-state index in [1.807, 2.05) is 30.3 Å². The maximum Gasteiger partial charge on any atom is 0.328 e. The van der Waals surface area contributed by atoms with Crippen molar-refractivity contribution in [2.75, 3.05) is 7.11 Å². The van der Waals surface area contributed by atoms with Gasteiger partial charge in [-0.1, -0.05) is 24.3 Å². The molecule has 0 unspecified atom stereocenters. The second kappa shape index (κ2) is 7.98. The van der Waals surface area contributed by atoms with Crippen LogP contribution in [0.5, 0.6) is 5.75 Å². The minimum absolute atomic E-state index is 0.518. The lowest BCUT2D eigenvalue weighted by Crippen LogP contribution is -1.92. The van der Waals surface area contributed by atoms with Crippen LogP contribution in [0.1, 0.15) is 11.1 Å². The van der Waals surface area contributed by atoms with Crippen LogP contribution in [0.25, 0.3) is 28.3 Å². The molecule has 5 nitrogen and oxygen atoms in total. The van der Waals surface area contributed by atoms with Crippen molar-refractivity contribution < 1.29 is 14.6 Å². The summed E-state index contributed by atoms with van der Waals surface area (Å²) in [6, 6.07) is 16.9. The molecule has 0 radical (unpaired) electrons. The Labute approximate surface area is 156 Å². The molecule has 0 spiro atoms. The Morgan fingerprint density at radius 1 is 1.15 bits per heavy atom. The van der Waals surface area contributed by atoms with Crippen LogP contribution in [0, 0.1) is 11.3 Å². The number of benzene rings is 2. The molecule has 0 aliphatic rings. The van der Waals surface area contributed by atoms with E-state index >= 15 is 0 Å². The van der Waals surface area contributed by atoms with Crippen LogP contribution in [0.4, 0.5) is 0 Å². The van der Waals surface area contributed by atoms with Crippen molar-refractivity contribution >= 4 is 12.0 Å². The Bertz CT molecular complexity index is 1050. The summed E-state index contributed by atoms with van der Waals surface area (Å²) in [5.74, 6) is -0.412. The van der Waals surface area contributed by atoms with Crippen LogP contribution in [-0.2, 0) is 4.79 Å². The molecule has 0 aliphatic carbocycles. The standard InChI is InChI=1S/C22H16N2O3/c1-27-19-6-8-20(16(12-19)5-9-22(25)26)15-4-7-21(18(11-15)13-23)17-3-2-10-24-14-17/h2-12,14H,1H3,(H,25,26)/b9-5+. The number of carboxylic acids is 1. The molecule has 5 heteroatoms. The zero-order valence-corrected chi connectivity index (χ0v) is 14.6. The van der Waals surface area contributed by atoms with Gasteiger partial charge in [-0.15, -0.1) is 0 Å². The molecule has 0 saturated heterocycles. The lowest BCUT2D eigenvalue weighted by molar-refractivity contribution is -0.131. The number of pyridine rings is 1. The monoisotopic (exact) mass is 356 g/mol. The van der Waals surface area contributed by atoms with E-state index in [4.69, 9.17) is 9.84 Å². The Kier molecular flexibility index (Phi) is 5.29. The van der Waals surface area contributed by atoms with Crippen molar-refractivity contribution in [2.45, 2.75) is 0 Å². The summed E-state index contributed by atoms with van der Waals surface area (Å²) in [5, 5.41) is 18.5. The smallest absolute Gasteiger partial charge is 0.328 e. The normalized spacial score (nSPS) is 10.5. The third-order valence-corrected chi connectivity index (χ3v) is 4.09. The number of carboxylic acid groups (broad SMARTS) is 1. The average Bonchev–Trinajstić information content (AvgIpc) is 2.72. The van der Waals surface area contributed by atoms with Crippen molar-refractivity contribution in [3.8, 4) is 34.1 Å². The second-order valence-corrected chi connectivity index (χ2v) is 5.74. The van der Waals surface area contributed by atoms with Gasteiger partial charge in [0.1, 0.15) is 5.75 Å². The first kappa shape index (κ1) is 17.9. The number of hydrogen-bond acceptors (Lipinski definition) is 4. The SMILES string of the molecule is COc1ccc(-c2ccc(-c3cccnc3)c(C#N)c2)c(/C=C/C(=O)O)c1. The molecule has 0 aliphatic heterocycles. The first-order chi connectivity index (χ1) is 13.1. The van der Waals surface area contributed by atoms with Crippen LogP contribution in [0.3, 0.4) is 0 Å². The number of carbonyl (C=O) groups is 1. The summed E-state index contributed by atoms with van der Waals surface area (Å²) < 4.78 is 5.23. The maximum atomic E-state index is 10.9. The van der Waals surface area contributed by atoms with Crippen molar-refractivity contribution in [3.05, 3.63) is 78.1 Å². The number of methoxy groups -OCH3 is 1. The van der Waals surface area contributed by atoms with Crippen molar-refractivity contribution in [2.24, 2.45) is 0 Å². The summed E-state index contributed by atoms with van der Waals surface area (Å²) in [7, 11) is 1.55. The number of ether oxygens (including phenoxy) is 1. The van der Waals surface area contributed by atoms with Crippen LogP contribution in [0.15, 0.2) is 67.0 Å². The minimum atomic E-state index is -1.03. The van der Waals surface area contributed by atoms with Gasteiger partial charge >= 0.3 is 5.97 Å². The van der Waals surface area contributed by atoms with Gasteiger partial charge in [0.15, 0.2) is 0 Å². The van der Waals surface area contributed by atoms with Gasteiger partial charge in [-0.25, -0.2) is 4.79 Å². The molecule has 27 heavy (non-hydrogen) atoms. The highest BCUT2D eigenvalue weighted by Crippen LogP contribution is 2.32. The summed E-state index contributed by atoms with van der Waals surface area (Å²) in [5.41, 5.74) is 4.49. The van der Waals surface area contributed by atoms with Gasteiger partial charge in [0.25, 0.3) is 0 Å². The molecule has 132 valence electrons. The topological polar surface area (TPSA) is 83.2 Å². The molecule has 0 atom stereocenters. The number of nitrogens with zero attached hydrogens (tertiary/aromatic N) is 2. The predicted molar refractivity (Wildman–Crippen MR) is 103 cm³/mol. The van der Waals surface area contributed by atoms with Crippen LogP contribution in [0.2, 0.25) is 0 Å². The third kappa shape index (κ3) is 4.02. The van der Waals surface area contributed by atoms with E-state index in [-0.39, 0.29) is 0 Å². The maximum absolute atomic E-state index is 10.9. The zero-order valence-electron chi connectivity index (χ0n) is 14.6. The van der Waals surface area contributed by atoms with Gasteiger partial charge in [-0.05, 0) is 47.0 Å². The van der Waals surface area contributed by atoms with Crippen LogP contribution in [-0.4, -0.2) is 23.2 Å². The lowest BCUT2D eigenvalue weighted by Gasteiger charge is -2.11. The highest BCUT2D eigenvalue weighted by atomic mass is 16.5. The molecule has 0 bridgehead atoms. The third-order valence-electron chi connectivity index (χ3n) is 4.09. The molecule has 2 aromatic carbocycles. The largest absolute Gasteiger partial charge is 0.497 e. The molecule has 3 rings (SSSR count). The van der Waals surface area contributed by atoms with Crippen LogP contribution < -0.4 is 4.74 Å². The molecule has 1 aromatic heterocycles. The van der Waals surface area contributed by atoms with E-state index in [0.29, 0.717) is 16.9 Å². The second-order valence-electron chi connectivity index (χ2n) is 5.74. The van der Waals surface area contributed by atoms with Gasteiger partial charge in [0, 0.05) is 29.6 Å². The van der Waals surface area contributed by atoms with Gasteiger partial charge in [-0.3, -0.25) is 4.98 Å². The Hall–Kier alpha value is -3.91. The summed E-state index contributed by atoms with van der Waals surface area (Å²) in [4.78, 5) is 15.0. The quantitative estimate of drug-likeness (QED) is 0.685. The minimum Gasteiger partial charge on any atom is -0.497 e. The van der Waals surface area contributed by atoms with Gasteiger partial charge in [0.05, 0.1) is 18.7 Å². The van der Waals surface area contributed by atoms with Crippen molar-refractivity contribution in [1.29, 1.82) is 5.26 Å². The summed E-state index contributed by atoms with van der Waals surface area (Å²) in [6.45, 7) is 0. The van der Waals surface area contributed by atoms with Gasteiger partial charge in [0.2, 0.25) is 0 Å². The fourth-order valence-electron chi connectivity index (χ4n) is 2.81. The highest BCUT2D eigenvalue weighted by molar-refractivity contribution is 5.88. The van der Waals surface area contributed by atoms with E-state index in [2.05, 4.69) is 11.1 Å². The number of aromatic nitrogens is 1. The number of hydrogen-bond donors (Lipinski definition) is 1. The van der Waals surface area contributed by atoms with Gasteiger partial charge < -0.3 is 9.84 Å². The first-order valence-electron chi connectivity index (χ1n) is 8.16. The number of nitriles is 1. The molecular formula is C22H16N2O3.